The van der Waals surface area contributed by atoms with E-state index in [-0.39, 0.29) is 5.91 Å². The summed E-state index contributed by atoms with van der Waals surface area (Å²) < 4.78 is 0. The van der Waals surface area contributed by atoms with Crippen molar-refractivity contribution in [2.24, 2.45) is 0 Å². The average molecular weight is 467 g/mol. The van der Waals surface area contributed by atoms with Crippen molar-refractivity contribution in [2.75, 3.05) is 26.7 Å². The van der Waals surface area contributed by atoms with Gasteiger partial charge in [-0.25, -0.2) is 4.98 Å². The van der Waals surface area contributed by atoms with Crippen molar-refractivity contribution < 1.29 is 4.79 Å². The highest BCUT2D eigenvalue weighted by atomic mass is 35.5. The summed E-state index contributed by atoms with van der Waals surface area (Å²) in [5.41, 5.74) is 3.86. The number of likely N-dealkylation sites (tertiary alicyclic amines) is 1. The third-order valence-corrected chi connectivity index (χ3v) is 7.68. The zero-order valence-corrected chi connectivity index (χ0v) is 19.7. The first-order chi connectivity index (χ1) is 15.5. The maximum Gasteiger partial charge on any atom is 0.274 e. The van der Waals surface area contributed by atoms with Crippen LogP contribution in [0.25, 0.3) is 32.0 Å². The van der Waals surface area contributed by atoms with Crippen LogP contribution in [-0.4, -0.2) is 68.6 Å². The van der Waals surface area contributed by atoms with E-state index in [1.807, 2.05) is 36.1 Å². The molecule has 1 fully saturated rings. The Morgan fingerprint density at radius 3 is 2.88 bits per heavy atom. The summed E-state index contributed by atoms with van der Waals surface area (Å²) in [5.74, 6) is -0.0462. The van der Waals surface area contributed by atoms with Crippen molar-refractivity contribution in [3.63, 3.8) is 0 Å². The summed E-state index contributed by atoms with van der Waals surface area (Å²) in [6.45, 7) is 6.47. The quantitative estimate of drug-likeness (QED) is 0.469. The molecule has 1 aliphatic rings. The molecule has 0 saturated carbocycles. The predicted molar refractivity (Wildman–Crippen MR) is 128 cm³/mol. The molecule has 0 atom stereocenters. The van der Waals surface area contributed by atoms with Crippen molar-refractivity contribution in [1.29, 1.82) is 0 Å². The summed E-state index contributed by atoms with van der Waals surface area (Å²) in [7, 11) is 2.09. The van der Waals surface area contributed by atoms with E-state index in [1.165, 1.54) is 11.3 Å². The number of fused-ring (bicyclic) bond motifs is 1. The van der Waals surface area contributed by atoms with Crippen LogP contribution in [-0.2, 0) is 0 Å². The van der Waals surface area contributed by atoms with Gasteiger partial charge < -0.3 is 9.80 Å². The van der Waals surface area contributed by atoms with Crippen molar-refractivity contribution in [3.8, 4) is 21.1 Å². The minimum atomic E-state index is -0.0462. The van der Waals surface area contributed by atoms with Gasteiger partial charge in [0, 0.05) is 47.5 Å². The van der Waals surface area contributed by atoms with Gasteiger partial charge in [-0.05, 0) is 44.3 Å². The fourth-order valence-corrected chi connectivity index (χ4v) is 5.14. The Kier molecular flexibility index (Phi) is 5.44. The Hall–Kier alpha value is -2.81. The van der Waals surface area contributed by atoms with Crippen LogP contribution in [0.4, 0.5) is 0 Å². The number of carbonyl (C=O) groups is 1. The molecule has 9 heteroatoms. The van der Waals surface area contributed by atoms with Crippen LogP contribution in [0.5, 0.6) is 0 Å². The number of aromatic nitrogens is 4. The van der Waals surface area contributed by atoms with E-state index in [0.717, 1.165) is 44.2 Å². The lowest BCUT2D eigenvalue weighted by Gasteiger charge is -2.43. The number of carbonyl (C=O) groups excluding carboxylic acids is 1. The Morgan fingerprint density at radius 1 is 1.34 bits per heavy atom. The molecule has 4 aromatic rings. The number of hydrogen-bond acceptors (Lipinski definition) is 6. The molecule has 7 nitrogen and oxygen atoms in total. The van der Waals surface area contributed by atoms with Gasteiger partial charge in [0.25, 0.3) is 5.91 Å². The summed E-state index contributed by atoms with van der Waals surface area (Å²) in [4.78, 5) is 27.4. The molecule has 1 N–H and O–H groups in total. The molecule has 0 bridgehead atoms. The number of hydrogen-bond donors (Lipinski definition) is 1. The molecule has 5 rings (SSSR count). The molecule has 1 aliphatic heterocycles. The Labute approximate surface area is 195 Å². The summed E-state index contributed by atoms with van der Waals surface area (Å²) >= 11 is 7.74. The third-order valence-electron chi connectivity index (χ3n) is 6.15. The number of nitrogens with one attached hydrogen (secondary N) is 1. The van der Waals surface area contributed by atoms with Crippen LogP contribution >= 0.6 is 22.9 Å². The maximum absolute atomic E-state index is 13.4. The number of rotatable bonds is 5. The lowest BCUT2D eigenvalue weighted by molar-refractivity contribution is 0.0350. The number of aromatic amines is 1. The summed E-state index contributed by atoms with van der Waals surface area (Å²) in [6, 6.07) is 8.03. The van der Waals surface area contributed by atoms with E-state index in [4.69, 9.17) is 16.6 Å². The Balaban J connectivity index is 1.56. The Morgan fingerprint density at radius 2 is 2.16 bits per heavy atom. The van der Waals surface area contributed by atoms with E-state index in [1.54, 1.807) is 12.4 Å². The number of nitrogens with zero attached hydrogens (tertiary/aromatic N) is 5. The molecule has 1 amide bonds. The van der Waals surface area contributed by atoms with E-state index in [0.29, 0.717) is 29.8 Å². The standard InChI is InChI=1S/C23H23ClN6OS/c1-4-29(3)15-11-30(12-15)23(31)20-21(14-6-5-9-25-10-14)32-22(26-20)19-16-7-8-17(24)13(2)18(16)27-28-19/h5-10,15H,4,11-12H2,1-3H3,(H,27,28). The number of halogens is 1. The van der Waals surface area contributed by atoms with Gasteiger partial charge >= 0.3 is 0 Å². The SMILES string of the molecule is CCN(C)C1CN(C(=O)c2nc(-c3[nH]nc4c(C)c(Cl)ccc34)sc2-c2cccnc2)C1. The first-order valence-electron chi connectivity index (χ1n) is 10.5. The normalized spacial score (nSPS) is 14.3. The molecular formula is C23H23ClN6OS. The number of benzene rings is 1. The highest BCUT2D eigenvalue weighted by Gasteiger charge is 2.36. The number of amides is 1. The average Bonchev–Trinajstić information content (AvgIpc) is 3.40. The van der Waals surface area contributed by atoms with Gasteiger partial charge in [-0.3, -0.25) is 14.9 Å². The second-order valence-corrected chi connectivity index (χ2v) is 9.45. The van der Waals surface area contributed by atoms with Gasteiger partial charge in [0.05, 0.1) is 10.4 Å². The molecule has 0 spiro atoms. The number of thiazole rings is 1. The number of aryl methyl sites for hydroxylation is 1. The molecular weight excluding hydrogens is 444 g/mol. The topological polar surface area (TPSA) is 78.0 Å². The van der Waals surface area contributed by atoms with Crippen LogP contribution < -0.4 is 0 Å². The lowest BCUT2D eigenvalue weighted by Crippen LogP contribution is -2.60. The zero-order chi connectivity index (χ0) is 22.4. The van der Waals surface area contributed by atoms with Crippen LogP contribution in [0.15, 0.2) is 36.7 Å². The highest BCUT2D eigenvalue weighted by Crippen LogP contribution is 2.39. The van der Waals surface area contributed by atoms with Crippen LogP contribution in [0.1, 0.15) is 23.0 Å². The van der Waals surface area contributed by atoms with Gasteiger partial charge in [0.2, 0.25) is 0 Å². The molecule has 3 aromatic heterocycles. The van der Waals surface area contributed by atoms with Crippen LogP contribution in [0.3, 0.4) is 0 Å². The van der Waals surface area contributed by atoms with Crippen molar-refractivity contribution in [1.82, 2.24) is 30.0 Å². The molecule has 4 heterocycles. The minimum absolute atomic E-state index is 0.0462. The molecule has 0 unspecified atom stereocenters. The largest absolute Gasteiger partial charge is 0.334 e. The van der Waals surface area contributed by atoms with Gasteiger partial charge in [0.1, 0.15) is 16.4 Å². The monoisotopic (exact) mass is 466 g/mol. The maximum atomic E-state index is 13.4. The number of likely N-dealkylation sites (N-methyl/N-ethyl adjacent to an activating group) is 1. The molecule has 0 radical (unpaired) electrons. The zero-order valence-electron chi connectivity index (χ0n) is 18.1. The molecule has 1 aromatic carbocycles. The van der Waals surface area contributed by atoms with Crippen molar-refractivity contribution >= 4 is 39.7 Å². The van der Waals surface area contributed by atoms with Gasteiger partial charge in [0.15, 0.2) is 0 Å². The molecule has 0 aliphatic carbocycles. The second-order valence-electron chi connectivity index (χ2n) is 8.04. The van der Waals surface area contributed by atoms with Crippen molar-refractivity contribution in [3.05, 3.63) is 52.9 Å². The lowest BCUT2D eigenvalue weighted by atomic mass is 10.1. The second kappa shape index (κ2) is 8.27. The highest BCUT2D eigenvalue weighted by molar-refractivity contribution is 7.18. The van der Waals surface area contributed by atoms with E-state index >= 15 is 0 Å². The smallest absolute Gasteiger partial charge is 0.274 e. The van der Waals surface area contributed by atoms with Crippen LogP contribution in [0.2, 0.25) is 5.02 Å². The van der Waals surface area contributed by atoms with E-state index in [2.05, 4.69) is 34.1 Å². The van der Waals surface area contributed by atoms with Gasteiger partial charge in [-0.1, -0.05) is 24.6 Å². The van der Waals surface area contributed by atoms with Gasteiger partial charge in [-0.15, -0.1) is 11.3 Å². The van der Waals surface area contributed by atoms with E-state index < -0.39 is 0 Å². The third kappa shape index (κ3) is 3.48. The fraction of sp³-hybridized carbons (Fsp3) is 0.304. The molecule has 164 valence electrons. The summed E-state index contributed by atoms with van der Waals surface area (Å²) in [5, 5.41) is 9.89. The summed E-state index contributed by atoms with van der Waals surface area (Å²) in [6.07, 6.45) is 3.50. The number of H-pyrrole nitrogens is 1. The van der Waals surface area contributed by atoms with Crippen molar-refractivity contribution in [2.45, 2.75) is 19.9 Å². The van der Waals surface area contributed by atoms with E-state index in [9.17, 15) is 4.79 Å². The number of pyridine rings is 1. The fourth-order valence-electron chi connectivity index (χ4n) is 3.93. The van der Waals surface area contributed by atoms with Crippen LogP contribution in [0, 0.1) is 6.92 Å². The first kappa shape index (κ1) is 21.1. The molecule has 32 heavy (non-hydrogen) atoms. The first-order valence-corrected chi connectivity index (χ1v) is 11.7. The Bertz CT molecular complexity index is 1290. The minimum Gasteiger partial charge on any atom is -0.334 e. The molecule has 1 saturated heterocycles. The predicted octanol–water partition coefficient (Wildman–Crippen LogP) is 4.49. The van der Waals surface area contributed by atoms with Gasteiger partial charge in [-0.2, -0.15) is 5.10 Å².